The van der Waals surface area contributed by atoms with Gasteiger partial charge >= 0.3 is 24.1 Å². The zero-order valence-electron chi connectivity index (χ0n) is 23.4. The van der Waals surface area contributed by atoms with Crippen LogP contribution >= 0.6 is 0 Å². The van der Waals surface area contributed by atoms with Gasteiger partial charge in [-0.25, -0.2) is 19.2 Å². The number of carboxylic acid groups (broad SMARTS) is 2. The van der Waals surface area contributed by atoms with E-state index in [1.165, 1.54) is 0 Å². The third kappa shape index (κ3) is 11.9. The Bertz CT molecular complexity index is 1120. The lowest BCUT2D eigenvalue weighted by molar-refractivity contribution is -0.140. The van der Waals surface area contributed by atoms with Crippen molar-refractivity contribution in [2.24, 2.45) is 10.2 Å². The van der Waals surface area contributed by atoms with Crippen LogP contribution in [-0.4, -0.2) is 57.6 Å². The molecule has 2 aromatic rings. The Labute approximate surface area is 232 Å². The minimum atomic E-state index is -1.19. The number of ether oxygens (including phenoxy) is 2. The Morgan fingerprint density at radius 3 is 1.20 bits per heavy atom. The van der Waals surface area contributed by atoms with Gasteiger partial charge in [-0.05, 0) is 76.9 Å². The molecule has 0 spiro atoms. The van der Waals surface area contributed by atoms with Gasteiger partial charge in [0.1, 0.15) is 23.3 Å². The van der Waals surface area contributed by atoms with Crippen LogP contribution in [0.1, 0.15) is 52.7 Å². The zero-order chi connectivity index (χ0) is 30.1. The van der Waals surface area contributed by atoms with Gasteiger partial charge < -0.3 is 30.3 Å². The van der Waals surface area contributed by atoms with Crippen LogP contribution in [0.2, 0.25) is 0 Å². The Kier molecular flexibility index (Phi) is 10.7. The largest absolute Gasteiger partial charge is 0.480 e. The first kappa shape index (κ1) is 31.7. The quantitative estimate of drug-likeness (QED) is 0.291. The zero-order valence-corrected chi connectivity index (χ0v) is 23.4. The predicted molar refractivity (Wildman–Crippen MR) is 146 cm³/mol. The van der Waals surface area contributed by atoms with Gasteiger partial charge in [-0.3, -0.25) is 0 Å². The summed E-state index contributed by atoms with van der Waals surface area (Å²) in [5.41, 5.74) is 0.874. The maximum absolute atomic E-state index is 12.0. The molecule has 0 aliphatic rings. The van der Waals surface area contributed by atoms with Gasteiger partial charge in [0.25, 0.3) is 0 Å². The molecule has 0 saturated heterocycles. The number of nitrogens with zero attached hydrogens (tertiary/aromatic N) is 2. The van der Waals surface area contributed by atoms with Crippen LogP contribution in [-0.2, 0) is 31.9 Å². The van der Waals surface area contributed by atoms with Crippen LogP contribution in [0.3, 0.4) is 0 Å². The first-order chi connectivity index (χ1) is 18.5. The number of azo groups is 1. The number of rotatable bonds is 10. The molecule has 0 bridgehead atoms. The first-order valence-corrected chi connectivity index (χ1v) is 12.5. The monoisotopic (exact) mass is 556 g/mol. The normalized spacial score (nSPS) is 13.2. The molecule has 0 fully saturated rings. The summed E-state index contributed by atoms with van der Waals surface area (Å²) in [5, 5.41) is 32.0. The smallest absolute Gasteiger partial charge is 0.408 e. The van der Waals surface area contributed by atoms with E-state index in [4.69, 9.17) is 9.47 Å². The van der Waals surface area contributed by atoms with Gasteiger partial charge in [-0.15, -0.1) is 0 Å². The third-order valence-corrected chi connectivity index (χ3v) is 5.01. The summed E-state index contributed by atoms with van der Waals surface area (Å²) in [4.78, 5) is 47.1. The topological polar surface area (TPSA) is 176 Å². The molecule has 0 saturated carbocycles. The number of carbonyl (C=O) groups excluding carboxylic acids is 2. The highest BCUT2D eigenvalue weighted by atomic mass is 16.6. The number of nitrogens with one attached hydrogen (secondary N) is 2. The molecule has 4 N–H and O–H groups in total. The summed E-state index contributed by atoms with van der Waals surface area (Å²) < 4.78 is 10.3. The maximum Gasteiger partial charge on any atom is 0.408 e. The Morgan fingerprint density at radius 2 is 0.950 bits per heavy atom. The van der Waals surface area contributed by atoms with E-state index < -0.39 is 47.4 Å². The number of benzene rings is 2. The summed E-state index contributed by atoms with van der Waals surface area (Å²) in [6.45, 7) is 10.1. The molecule has 0 heterocycles. The van der Waals surface area contributed by atoms with Gasteiger partial charge in [0.2, 0.25) is 0 Å². The molecule has 0 radical (unpaired) electrons. The van der Waals surface area contributed by atoms with Gasteiger partial charge in [-0.1, -0.05) is 24.3 Å². The van der Waals surface area contributed by atoms with Crippen molar-refractivity contribution in [2.75, 3.05) is 0 Å². The lowest BCUT2D eigenvalue weighted by atomic mass is 10.1. The van der Waals surface area contributed by atoms with Crippen LogP contribution in [0.15, 0.2) is 58.8 Å². The minimum Gasteiger partial charge on any atom is -0.480 e. The van der Waals surface area contributed by atoms with Crippen molar-refractivity contribution in [3.8, 4) is 0 Å². The first-order valence-electron chi connectivity index (χ1n) is 12.5. The Morgan fingerprint density at radius 1 is 0.650 bits per heavy atom. The van der Waals surface area contributed by atoms with Crippen molar-refractivity contribution in [1.29, 1.82) is 0 Å². The van der Waals surface area contributed by atoms with Crippen molar-refractivity contribution in [3.63, 3.8) is 0 Å². The molecule has 0 aromatic heterocycles. The molecule has 2 aromatic carbocycles. The molecule has 216 valence electrons. The van der Waals surface area contributed by atoms with E-state index in [1.807, 2.05) is 0 Å². The lowest BCUT2D eigenvalue weighted by Crippen LogP contribution is -2.44. The molecule has 0 unspecified atom stereocenters. The van der Waals surface area contributed by atoms with Crippen molar-refractivity contribution >= 4 is 35.5 Å². The summed E-state index contributed by atoms with van der Waals surface area (Å²) in [6.07, 6.45) is -1.52. The lowest BCUT2D eigenvalue weighted by Gasteiger charge is -2.22. The highest BCUT2D eigenvalue weighted by molar-refractivity contribution is 5.81. The van der Waals surface area contributed by atoms with Gasteiger partial charge in [0, 0.05) is 12.8 Å². The maximum atomic E-state index is 12.0. The standard InChI is InChI=1S/C28H36N4O8/c1-27(2,3)39-25(37)29-21(23(33)34)15-17-7-11-19(12-8-17)31-32-20-13-9-18(10-14-20)16-22(24(35)36)30-26(38)40-28(4,5)6/h7-14,21-22H,15-16H2,1-6H3,(H,29,37)(H,30,38)(H,33,34)(H,35,36)/t21-,22-/m0/s1. The second-order valence-electron chi connectivity index (χ2n) is 11.0. The van der Waals surface area contributed by atoms with Crippen LogP contribution in [0, 0.1) is 0 Å². The summed E-state index contributed by atoms with van der Waals surface area (Å²) in [5.74, 6) is -2.37. The average Bonchev–Trinajstić information content (AvgIpc) is 2.81. The number of hydrogen-bond donors (Lipinski definition) is 4. The fourth-order valence-electron chi connectivity index (χ4n) is 3.28. The van der Waals surface area contributed by atoms with E-state index in [0.29, 0.717) is 22.5 Å². The molecular weight excluding hydrogens is 520 g/mol. The van der Waals surface area contributed by atoms with Crippen molar-refractivity contribution in [2.45, 2.75) is 77.7 Å². The summed E-state index contributed by atoms with van der Waals surface area (Å²) >= 11 is 0. The van der Waals surface area contributed by atoms with Crippen LogP contribution < -0.4 is 10.6 Å². The molecular formula is C28H36N4O8. The van der Waals surface area contributed by atoms with Crippen LogP contribution in [0.4, 0.5) is 21.0 Å². The molecule has 2 amide bonds. The number of hydrogen-bond acceptors (Lipinski definition) is 8. The molecule has 2 rings (SSSR count). The Balaban J connectivity index is 1.97. The fourth-order valence-corrected chi connectivity index (χ4v) is 3.28. The number of alkyl carbamates (subject to hydrolysis) is 2. The number of carboxylic acids is 2. The Hall–Kier alpha value is -4.48. The van der Waals surface area contributed by atoms with E-state index in [2.05, 4.69) is 20.9 Å². The van der Waals surface area contributed by atoms with Gasteiger partial charge in [-0.2, -0.15) is 10.2 Å². The number of carbonyl (C=O) groups is 4. The highest BCUT2D eigenvalue weighted by Crippen LogP contribution is 2.20. The molecule has 0 aliphatic carbocycles. The molecule has 2 atom stereocenters. The fraction of sp³-hybridized carbons (Fsp3) is 0.429. The van der Waals surface area contributed by atoms with E-state index in [9.17, 15) is 29.4 Å². The molecule has 12 nitrogen and oxygen atoms in total. The minimum absolute atomic E-state index is 0.0492. The van der Waals surface area contributed by atoms with Crippen molar-refractivity contribution in [1.82, 2.24) is 10.6 Å². The van der Waals surface area contributed by atoms with E-state index in [1.54, 1.807) is 90.1 Å². The van der Waals surface area contributed by atoms with Crippen molar-refractivity contribution in [3.05, 3.63) is 59.7 Å². The van der Waals surface area contributed by atoms with Crippen LogP contribution in [0.5, 0.6) is 0 Å². The van der Waals surface area contributed by atoms with Crippen LogP contribution in [0.25, 0.3) is 0 Å². The number of amides is 2. The number of aliphatic carboxylic acids is 2. The summed E-state index contributed by atoms with van der Waals surface area (Å²) in [7, 11) is 0. The van der Waals surface area contributed by atoms with E-state index >= 15 is 0 Å². The van der Waals surface area contributed by atoms with Gasteiger partial charge in [0.05, 0.1) is 11.4 Å². The summed E-state index contributed by atoms with van der Waals surface area (Å²) in [6, 6.07) is 11.1. The third-order valence-electron chi connectivity index (χ3n) is 5.01. The molecule has 0 aliphatic heterocycles. The van der Waals surface area contributed by atoms with Gasteiger partial charge in [0.15, 0.2) is 0 Å². The van der Waals surface area contributed by atoms with E-state index in [-0.39, 0.29) is 12.8 Å². The second kappa shape index (κ2) is 13.5. The van der Waals surface area contributed by atoms with Crippen molar-refractivity contribution < 1.29 is 38.9 Å². The molecule has 40 heavy (non-hydrogen) atoms. The second-order valence-corrected chi connectivity index (χ2v) is 11.0. The predicted octanol–water partition coefficient (Wildman–Crippen LogP) is 5.14. The molecule has 12 heteroatoms. The highest BCUT2D eigenvalue weighted by Gasteiger charge is 2.25. The van der Waals surface area contributed by atoms with E-state index in [0.717, 1.165) is 0 Å². The SMILES string of the molecule is CC(C)(C)OC(=O)N[C@@H](Cc1ccc(N=Nc2ccc(C[C@H](NC(=O)OC(C)(C)C)C(=O)O)cc2)cc1)C(=O)O. The average molecular weight is 557 g/mol.